The molecule has 0 saturated carbocycles. The molecule has 102 valence electrons. The van der Waals surface area contributed by atoms with Gasteiger partial charge in [-0.1, -0.05) is 12.1 Å². The molecule has 6 heteroatoms. The molecule has 0 aliphatic heterocycles. The fourth-order valence-corrected chi connectivity index (χ4v) is 1.93. The van der Waals surface area contributed by atoms with Gasteiger partial charge in [-0.05, 0) is 45.6 Å². The molecule has 0 unspecified atom stereocenters. The van der Waals surface area contributed by atoms with Crippen molar-refractivity contribution in [3.8, 4) is 22.6 Å². The molecular weight excluding hydrogens is 256 g/mol. The minimum atomic E-state index is 0.594. The summed E-state index contributed by atoms with van der Waals surface area (Å²) in [6.07, 6.45) is 0. The monoisotopic (exact) mass is 272 g/mol. The van der Waals surface area contributed by atoms with Crippen LogP contribution >= 0.6 is 0 Å². The molecule has 20 heavy (non-hydrogen) atoms. The summed E-state index contributed by atoms with van der Waals surface area (Å²) in [6.45, 7) is 0. The molecule has 0 aromatic heterocycles. The number of methoxy groups -OCH3 is 2. The Morgan fingerprint density at radius 3 is 1.45 bits per heavy atom. The first-order valence-electron chi connectivity index (χ1n) is 5.91. The van der Waals surface area contributed by atoms with Crippen LogP contribution < -0.4 is 20.5 Å². The lowest BCUT2D eigenvalue weighted by molar-refractivity contribution is -0.211. The van der Waals surface area contributed by atoms with E-state index in [2.05, 4.69) is 10.2 Å². The summed E-state index contributed by atoms with van der Waals surface area (Å²) in [7, 11) is 3.15. The van der Waals surface area contributed by atoms with Gasteiger partial charge in [0.15, 0.2) is 22.9 Å². The molecule has 2 aromatic carbocycles. The lowest BCUT2D eigenvalue weighted by Crippen LogP contribution is -2.22. The van der Waals surface area contributed by atoms with Crippen LogP contribution in [-0.4, -0.2) is 14.2 Å². The minimum absolute atomic E-state index is 0.594. The van der Waals surface area contributed by atoms with Crippen molar-refractivity contribution in [3.05, 3.63) is 36.4 Å². The average Bonchev–Trinajstić information content (AvgIpc) is 2.53. The Bertz CT molecular complexity index is 598. The van der Waals surface area contributed by atoms with E-state index in [0.29, 0.717) is 22.9 Å². The second-order valence-corrected chi connectivity index (χ2v) is 4.03. The molecule has 2 rings (SSSR count). The zero-order valence-electron chi connectivity index (χ0n) is 11.3. The Morgan fingerprint density at radius 2 is 1.15 bits per heavy atom. The Hall–Kier alpha value is -2.76. The Morgan fingerprint density at radius 1 is 0.750 bits per heavy atom. The van der Waals surface area contributed by atoms with Crippen molar-refractivity contribution in [2.24, 2.45) is 10.2 Å². The van der Waals surface area contributed by atoms with Gasteiger partial charge in [-0.3, -0.25) is 0 Å². The van der Waals surface area contributed by atoms with E-state index in [1.807, 2.05) is 24.3 Å². The summed E-state index contributed by atoms with van der Waals surface area (Å²) < 4.78 is 10.5. The van der Waals surface area contributed by atoms with Crippen molar-refractivity contribution in [2.45, 2.75) is 0 Å². The summed E-state index contributed by atoms with van der Waals surface area (Å²) in [6, 6.07) is 11.1. The van der Waals surface area contributed by atoms with Gasteiger partial charge in [0.25, 0.3) is 0 Å². The number of nitrogens with zero attached hydrogens (tertiary/aromatic N) is 2. The fraction of sp³-hybridized carbons (Fsp3) is 0.143. The topological polar surface area (TPSA) is 94.4 Å². The minimum Gasteiger partial charge on any atom is -0.494 e. The van der Waals surface area contributed by atoms with Crippen LogP contribution in [0.25, 0.3) is 11.1 Å². The second-order valence-electron chi connectivity index (χ2n) is 4.03. The first kappa shape index (κ1) is 13.7. The van der Waals surface area contributed by atoms with Crippen LogP contribution in [0.4, 0.5) is 11.4 Å². The molecule has 0 aliphatic carbocycles. The van der Waals surface area contributed by atoms with E-state index in [1.54, 1.807) is 26.4 Å². The largest absolute Gasteiger partial charge is 0.494 e. The van der Waals surface area contributed by atoms with Crippen LogP contribution in [0, 0.1) is 0 Å². The first-order chi connectivity index (χ1) is 9.73. The number of rotatable bonds is 5. The third-order valence-corrected chi connectivity index (χ3v) is 2.97. The third kappa shape index (κ3) is 2.49. The Balaban J connectivity index is 2.51. The van der Waals surface area contributed by atoms with Gasteiger partial charge >= 0.3 is 0 Å². The molecule has 0 heterocycles. The zero-order chi connectivity index (χ0) is 14.5. The van der Waals surface area contributed by atoms with Crippen LogP contribution in [0.3, 0.4) is 0 Å². The van der Waals surface area contributed by atoms with Gasteiger partial charge in [0.2, 0.25) is 0 Å². The molecule has 0 bridgehead atoms. The highest BCUT2D eigenvalue weighted by atomic mass is 16.5. The van der Waals surface area contributed by atoms with E-state index >= 15 is 0 Å². The lowest BCUT2D eigenvalue weighted by atomic mass is 10.0. The van der Waals surface area contributed by atoms with E-state index in [4.69, 9.17) is 20.5 Å². The summed E-state index contributed by atoms with van der Waals surface area (Å²) in [5.41, 5.74) is 13.7. The molecule has 0 radical (unpaired) electrons. The van der Waals surface area contributed by atoms with E-state index in [0.717, 1.165) is 11.1 Å². The predicted molar refractivity (Wildman–Crippen MR) is 73.0 cm³/mol. The number of nitrogens with two attached hydrogens (primary N) is 2. The molecule has 0 aliphatic rings. The van der Waals surface area contributed by atoms with E-state index in [9.17, 15) is 0 Å². The molecular formula is C14H16N4O2+2. The van der Waals surface area contributed by atoms with Gasteiger partial charge in [0.05, 0.1) is 14.2 Å². The highest BCUT2D eigenvalue weighted by Crippen LogP contribution is 2.35. The number of hydrogen-bond acceptors (Lipinski definition) is 4. The maximum atomic E-state index is 5.30. The van der Waals surface area contributed by atoms with Gasteiger partial charge in [0, 0.05) is 0 Å². The van der Waals surface area contributed by atoms with Crippen LogP contribution in [-0.2, 0) is 0 Å². The summed E-state index contributed by atoms with van der Waals surface area (Å²) in [4.78, 5) is 0. The van der Waals surface area contributed by atoms with Gasteiger partial charge in [0.1, 0.15) is 0 Å². The quantitative estimate of drug-likeness (QED) is 0.796. The average molecular weight is 272 g/mol. The Labute approximate surface area is 116 Å². The van der Waals surface area contributed by atoms with Crippen LogP contribution in [0.5, 0.6) is 11.5 Å². The smallest absolute Gasteiger partial charge is 0.171 e. The molecule has 0 saturated heterocycles. The first-order valence-corrected chi connectivity index (χ1v) is 5.91. The predicted octanol–water partition coefficient (Wildman–Crippen LogP) is 1.06. The summed E-state index contributed by atoms with van der Waals surface area (Å²) in [5, 5.41) is 7.31. The molecule has 6 nitrogen and oxygen atoms in total. The maximum Gasteiger partial charge on any atom is 0.171 e. The van der Waals surface area contributed by atoms with Crippen LogP contribution in [0.2, 0.25) is 0 Å². The molecule has 0 spiro atoms. The molecule has 2 aromatic rings. The zero-order valence-corrected chi connectivity index (χ0v) is 11.3. The molecule has 0 amide bonds. The van der Waals surface area contributed by atoms with E-state index < -0.39 is 0 Å². The summed E-state index contributed by atoms with van der Waals surface area (Å²) >= 11 is 0. The van der Waals surface area contributed by atoms with Gasteiger partial charge < -0.3 is 9.47 Å². The van der Waals surface area contributed by atoms with Gasteiger partial charge in [-0.15, -0.1) is 0 Å². The van der Waals surface area contributed by atoms with Crippen molar-refractivity contribution in [3.63, 3.8) is 0 Å². The van der Waals surface area contributed by atoms with E-state index in [1.165, 1.54) is 0 Å². The SMILES string of the molecule is COc1cc(-c2ccc(N=[NH2+])c(OC)c2)ccc1N=[NH2+]. The highest BCUT2D eigenvalue weighted by Gasteiger charge is 2.10. The van der Waals surface area contributed by atoms with Crippen molar-refractivity contribution >= 4 is 11.4 Å². The maximum absolute atomic E-state index is 5.30. The molecule has 0 fully saturated rings. The van der Waals surface area contributed by atoms with E-state index in [-0.39, 0.29) is 0 Å². The molecule has 0 atom stereocenters. The fourth-order valence-electron chi connectivity index (χ4n) is 1.93. The third-order valence-electron chi connectivity index (χ3n) is 2.97. The normalized spacial score (nSPS) is 9.90. The molecule has 4 N–H and O–H groups in total. The van der Waals surface area contributed by atoms with Gasteiger partial charge in [-0.2, -0.15) is 11.1 Å². The standard InChI is InChI=1S/C14H14N4O2/c1-19-13-7-9(3-5-11(13)17-15)10-4-6-12(18-16)14(8-10)20-2/h3-8,15-16H,1-2H3/p+2. The number of hydrogen-bond donors (Lipinski definition) is 2. The number of ether oxygens (including phenoxy) is 2. The van der Waals surface area contributed by atoms with Crippen molar-refractivity contribution in [1.82, 2.24) is 0 Å². The second kappa shape index (κ2) is 5.92. The van der Waals surface area contributed by atoms with Crippen LogP contribution in [0.15, 0.2) is 46.6 Å². The lowest BCUT2D eigenvalue weighted by Gasteiger charge is -2.08. The van der Waals surface area contributed by atoms with Crippen LogP contribution in [0.1, 0.15) is 0 Å². The Kier molecular flexibility index (Phi) is 4.05. The van der Waals surface area contributed by atoms with Gasteiger partial charge in [-0.25, -0.2) is 0 Å². The van der Waals surface area contributed by atoms with Crippen molar-refractivity contribution in [2.75, 3.05) is 14.2 Å². The van der Waals surface area contributed by atoms with Crippen molar-refractivity contribution in [1.29, 1.82) is 0 Å². The number of benzene rings is 2. The summed E-state index contributed by atoms with van der Waals surface area (Å²) in [5.74, 6) is 1.22. The van der Waals surface area contributed by atoms with Crippen molar-refractivity contribution < 1.29 is 20.5 Å². The highest BCUT2D eigenvalue weighted by molar-refractivity contribution is 5.73.